The normalized spacial score (nSPS) is 16.4. The van der Waals surface area contributed by atoms with Gasteiger partial charge in [-0.15, -0.1) is 0 Å². The second-order valence-electron chi connectivity index (χ2n) is 7.84. The Balaban J connectivity index is 1.43. The summed E-state index contributed by atoms with van der Waals surface area (Å²) in [6.07, 6.45) is -0.438. The molecule has 1 aliphatic rings. The van der Waals surface area contributed by atoms with Gasteiger partial charge in [-0.1, -0.05) is 6.92 Å². The minimum Gasteiger partial charge on any atom is -0.438 e. The Morgan fingerprint density at radius 2 is 2.03 bits per heavy atom. The smallest absolute Gasteiger partial charge is 0.417 e. The molecule has 1 aliphatic heterocycles. The number of carbonyl (C=O) groups is 1. The lowest BCUT2D eigenvalue weighted by Gasteiger charge is -2.23. The maximum atomic E-state index is 13.2. The first-order chi connectivity index (χ1) is 16.8. The first-order valence-electron chi connectivity index (χ1n) is 10.7. The van der Waals surface area contributed by atoms with Crippen LogP contribution in [0.15, 0.2) is 55.2 Å². The third kappa shape index (κ3) is 4.12. The number of amides is 2. The molecule has 1 unspecified atom stereocenters. The van der Waals surface area contributed by atoms with E-state index in [1.54, 1.807) is 30.5 Å². The summed E-state index contributed by atoms with van der Waals surface area (Å²) in [6, 6.07) is 6.94. The first kappa shape index (κ1) is 22.6. The number of benzene rings is 1. The quantitative estimate of drug-likeness (QED) is 0.432. The standard InChI is InChI=1S/C23H19F3N6O3/c1-2-13-7-16(35-21-17-5-6-28-20(17)29-12-30-21)3-4-18(13)32-19(33)11-31(22(32)34)15-8-14(9-27-10-15)23(24,25)26/h3-10,12,19,33H,2,11H2,1H3,(H,28,29,30). The number of urea groups is 1. The number of H-pyrrole nitrogens is 1. The van der Waals surface area contributed by atoms with Crippen molar-refractivity contribution in [1.82, 2.24) is 19.9 Å². The van der Waals surface area contributed by atoms with E-state index in [9.17, 15) is 23.1 Å². The van der Waals surface area contributed by atoms with E-state index in [-0.39, 0.29) is 12.2 Å². The average Bonchev–Trinajstić information content (AvgIpc) is 3.43. The highest BCUT2D eigenvalue weighted by molar-refractivity contribution is 6.07. The lowest BCUT2D eigenvalue weighted by molar-refractivity contribution is -0.137. The Labute approximate surface area is 196 Å². The van der Waals surface area contributed by atoms with Crippen LogP contribution in [-0.4, -0.2) is 43.8 Å². The van der Waals surface area contributed by atoms with E-state index in [0.717, 1.165) is 22.1 Å². The van der Waals surface area contributed by atoms with Crippen LogP contribution in [0.4, 0.5) is 29.3 Å². The number of ether oxygens (including phenoxy) is 1. The van der Waals surface area contributed by atoms with Gasteiger partial charge in [0, 0.05) is 12.4 Å². The summed E-state index contributed by atoms with van der Waals surface area (Å²) in [6.45, 7) is 1.66. The molecule has 5 rings (SSSR count). The third-order valence-corrected chi connectivity index (χ3v) is 5.67. The number of carbonyl (C=O) groups excluding carboxylic acids is 1. The molecule has 35 heavy (non-hydrogen) atoms. The molecule has 0 radical (unpaired) electrons. The molecule has 4 aromatic rings. The fourth-order valence-electron chi connectivity index (χ4n) is 3.98. The third-order valence-electron chi connectivity index (χ3n) is 5.67. The van der Waals surface area contributed by atoms with Crippen LogP contribution < -0.4 is 14.5 Å². The molecule has 180 valence electrons. The molecule has 4 heterocycles. The number of halogens is 3. The Kier molecular flexibility index (Phi) is 5.52. The molecule has 0 spiro atoms. The number of fused-ring (bicyclic) bond motifs is 1. The van der Waals surface area contributed by atoms with Crippen LogP contribution in [0.2, 0.25) is 0 Å². The summed E-state index contributed by atoms with van der Waals surface area (Å²) >= 11 is 0. The van der Waals surface area contributed by atoms with Crippen LogP contribution in [-0.2, 0) is 12.6 Å². The van der Waals surface area contributed by atoms with Gasteiger partial charge in [0.15, 0.2) is 6.23 Å². The van der Waals surface area contributed by atoms with Gasteiger partial charge in [-0.25, -0.2) is 14.8 Å². The van der Waals surface area contributed by atoms with Crippen molar-refractivity contribution in [2.45, 2.75) is 25.7 Å². The number of hydrogen-bond acceptors (Lipinski definition) is 6. The van der Waals surface area contributed by atoms with E-state index in [1.165, 1.54) is 6.33 Å². The number of anilines is 2. The fraction of sp³-hybridized carbons (Fsp3) is 0.217. The summed E-state index contributed by atoms with van der Waals surface area (Å²) < 4.78 is 45.3. The molecular weight excluding hydrogens is 465 g/mol. The van der Waals surface area contributed by atoms with Crippen LogP contribution >= 0.6 is 0 Å². The van der Waals surface area contributed by atoms with Gasteiger partial charge in [0.05, 0.1) is 35.1 Å². The number of aliphatic hydroxyl groups is 1. The predicted octanol–water partition coefficient (Wildman–Crippen LogP) is 4.49. The van der Waals surface area contributed by atoms with Crippen molar-refractivity contribution in [3.05, 3.63) is 66.4 Å². The Morgan fingerprint density at radius 1 is 1.20 bits per heavy atom. The van der Waals surface area contributed by atoms with Gasteiger partial charge in [-0.3, -0.25) is 14.8 Å². The van der Waals surface area contributed by atoms with Gasteiger partial charge in [0.25, 0.3) is 0 Å². The van der Waals surface area contributed by atoms with Crippen molar-refractivity contribution in [3.63, 3.8) is 0 Å². The van der Waals surface area contributed by atoms with E-state index in [2.05, 4.69) is 19.9 Å². The van der Waals surface area contributed by atoms with Crippen LogP contribution in [0.25, 0.3) is 11.0 Å². The maximum Gasteiger partial charge on any atom is 0.417 e. The molecule has 1 atom stereocenters. The number of alkyl halides is 3. The molecule has 2 amide bonds. The van der Waals surface area contributed by atoms with E-state index < -0.39 is 24.0 Å². The molecule has 0 aliphatic carbocycles. The minimum absolute atomic E-state index is 0.0522. The molecule has 3 aromatic heterocycles. The predicted molar refractivity (Wildman–Crippen MR) is 120 cm³/mol. The lowest BCUT2D eigenvalue weighted by Crippen LogP contribution is -2.35. The van der Waals surface area contributed by atoms with Crippen molar-refractivity contribution in [2.24, 2.45) is 0 Å². The molecule has 1 saturated heterocycles. The van der Waals surface area contributed by atoms with Crippen LogP contribution in [0.5, 0.6) is 11.6 Å². The molecule has 0 saturated carbocycles. The van der Waals surface area contributed by atoms with Crippen LogP contribution in [0.1, 0.15) is 18.1 Å². The van der Waals surface area contributed by atoms with Crippen molar-refractivity contribution in [2.75, 3.05) is 16.3 Å². The highest BCUT2D eigenvalue weighted by Gasteiger charge is 2.40. The summed E-state index contributed by atoms with van der Waals surface area (Å²) in [5.74, 6) is 0.818. The second kappa shape index (κ2) is 8.55. The number of aromatic nitrogens is 4. The van der Waals surface area contributed by atoms with Crippen LogP contribution in [0, 0.1) is 0 Å². The molecule has 1 fully saturated rings. The monoisotopic (exact) mass is 484 g/mol. The molecular formula is C23H19F3N6O3. The van der Waals surface area contributed by atoms with Crippen molar-refractivity contribution >= 4 is 28.4 Å². The molecule has 2 N–H and O–H groups in total. The first-order valence-corrected chi connectivity index (χ1v) is 10.7. The highest BCUT2D eigenvalue weighted by atomic mass is 19.4. The van der Waals surface area contributed by atoms with E-state index >= 15 is 0 Å². The average molecular weight is 484 g/mol. The fourth-order valence-corrected chi connectivity index (χ4v) is 3.98. The number of hydrogen-bond donors (Lipinski definition) is 2. The van der Waals surface area contributed by atoms with Crippen molar-refractivity contribution in [3.8, 4) is 11.6 Å². The summed E-state index contributed by atoms with van der Waals surface area (Å²) in [5, 5.41) is 11.4. The molecule has 9 nitrogen and oxygen atoms in total. The second-order valence-corrected chi connectivity index (χ2v) is 7.84. The molecule has 0 bridgehead atoms. The number of aliphatic hydroxyl groups excluding tert-OH is 1. The zero-order valence-electron chi connectivity index (χ0n) is 18.3. The molecule has 1 aromatic carbocycles. The largest absolute Gasteiger partial charge is 0.438 e. The van der Waals surface area contributed by atoms with Gasteiger partial charge in [0.1, 0.15) is 17.7 Å². The number of pyridine rings is 1. The number of aromatic amines is 1. The minimum atomic E-state index is -4.61. The number of nitrogens with one attached hydrogen (secondary N) is 1. The van der Waals surface area contributed by atoms with E-state index in [4.69, 9.17) is 4.74 Å². The van der Waals surface area contributed by atoms with Crippen LogP contribution in [0.3, 0.4) is 0 Å². The zero-order valence-corrected chi connectivity index (χ0v) is 18.3. The van der Waals surface area contributed by atoms with Gasteiger partial charge >= 0.3 is 12.2 Å². The van der Waals surface area contributed by atoms with E-state index in [0.29, 0.717) is 46.5 Å². The SMILES string of the molecule is CCc1cc(Oc2ncnc3[nH]ccc23)ccc1N1C(=O)N(c2cncc(C(F)(F)F)c2)CC1O. The summed E-state index contributed by atoms with van der Waals surface area (Å²) in [5.41, 5.74) is 0.709. The van der Waals surface area contributed by atoms with Gasteiger partial charge < -0.3 is 14.8 Å². The number of nitrogens with zero attached hydrogens (tertiary/aromatic N) is 5. The van der Waals surface area contributed by atoms with Crippen molar-refractivity contribution in [1.29, 1.82) is 0 Å². The maximum absolute atomic E-state index is 13.2. The van der Waals surface area contributed by atoms with Gasteiger partial charge in [-0.05, 0) is 42.3 Å². The van der Waals surface area contributed by atoms with Gasteiger partial charge in [0.2, 0.25) is 5.88 Å². The number of rotatable bonds is 5. The number of β-amino-alcohol motifs (C(OH)–C–C–N with tert-alkyl or cyclic N) is 1. The number of aryl methyl sites for hydroxylation is 1. The lowest BCUT2D eigenvalue weighted by atomic mass is 10.1. The Morgan fingerprint density at radius 3 is 2.80 bits per heavy atom. The topological polar surface area (TPSA) is 107 Å². The van der Waals surface area contributed by atoms with E-state index in [1.807, 2.05) is 6.92 Å². The van der Waals surface area contributed by atoms with Crippen molar-refractivity contribution < 1.29 is 27.8 Å². The summed E-state index contributed by atoms with van der Waals surface area (Å²) in [4.78, 5) is 30.3. The Bertz CT molecular complexity index is 1410. The molecule has 12 heteroatoms. The summed E-state index contributed by atoms with van der Waals surface area (Å²) in [7, 11) is 0. The Hall–Kier alpha value is -4.19. The van der Waals surface area contributed by atoms with Gasteiger partial charge in [-0.2, -0.15) is 13.2 Å². The zero-order chi connectivity index (χ0) is 24.7. The highest BCUT2D eigenvalue weighted by Crippen LogP contribution is 2.36.